The summed E-state index contributed by atoms with van der Waals surface area (Å²) in [5.74, 6) is 1.10. The fraction of sp³-hybridized carbons (Fsp3) is 0.444. The van der Waals surface area contributed by atoms with Gasteiger partial charge in [0.05, 0.1) is 6.20 Å². The van der Waals surface area contributed by atoms with Crippen LogP contribution in [0.4, 0.5) is 0 Å². The minimum atomic E-state index is 0.858. The van der Waals surface area contributed by atoms with Crippen molar-refractivity contribution in [1.29, 1.82) is 0 Å². The second-order valence-electron chi connectivity index (χ2n) is 2.99. The number of unbranched alkanes of at least 4 members (excludes halogenated alkanes) is 1. The van der Waals surface area contributed by atoms with Gasteiger partial charge in [0.15, 0.2) is 5.65 Å². The van der Waals surface area contributed by atoms with Crippen molar-refractivity contribution >= 4 is 23.1 Å². The number of nitrogens with zero attached hydrogens (tertiary/aromatic N) is 4. The first-order valence-corrected chi connectivity index (χ1v) is 5.62. The maximum atomic E-state index is 4.21. The van der Waals surface area contributed by atoms with Crippen LogP contribution in [-0.2, 0) is 0 Å². The smallest absolute Gasteiger partial charge is 0.173 e. The van der Waals surface area contributed by atoms with Crippen molar-refractivity contribution in [3.63, 3.8) is 0 Å². The van der Waals surface area contributed by atoms with E-state index < -0.39 is 0 Å². The molecule has 2 heterocycles. The number of aromatic nitrogens is 4. The largest absolute Gasteiger partial charge is 0.256 e. The van der Waals surface area contributed by atoms with Crippen LogP contribution in [0.5, 0.6) is 0 Å². The van der Waals surface area contributed by atoms with Crippen molar-refractivity contribution in [3.8, 4) is 0 Å². The molecule has 0 radical (unpaired) electrons. The molecular formula is C9H12N4S. The van der Waals surface area contributed by atoms with Crippen molar-refractivity contribution < 1.29 is 0 Å². The van der Waals surface area contributed by atoms with Crippen LogP contribution in [-0.4, -0.2) is 24.7 Å². The molecule has 2 aromatic rings. The van der Waals surface area contributed by atoms with E-state index >= 15 is 0 Å². The lowest BCUT2D eigenvalue weighted by molar-refractivity contribution is 0.894. The number of fused-ring (bicyclic) bond motifs is 1. The van der Waals surface area contributed by atoms with Crippen molar-refractivity contribution in [2.45, 2.75) is 19.8 Å². The van der Waals surface area contributed by atoms with Gasteiger partial charge in [0.2, 0.25) is 0 Å². The molecule has 2 aromatic heterocycles. The molecule has 0 aliphatic rings. The van der Waals surface area contributed by atoms with Crippen molar-refractivity contribution in [3.05, 3.63) is 18.9 Å². The molecule has 4 nitrogen and oxygen atoms in total. The standard InChI is InChI=1S/C9H12N4S/c1-2-3-4-14-13-7-12-8-5-10-6-11-9(8)13/h5-7H,2-4H2,1H3. The van der Waals surface area contributed by atoms with E-state index in [4.69, 9.17) is 0 Å². The summed E-state index contributed by atoms with van der Waals surface area (Å²) >= 11 is 1.75. The second kappa shape index (κ2) is 4.41. The van der Waals surface area contributed by atoms with Crippen LogP contribution in [0.15, 0.2) is 18.9 Å². The van der Waals surface area contributed by atoms with E-state index in [1.54, 1.807) is 30.8 Å². The molecule has 0 spiro atoms. The van der Waals surface area contributed by atoms with Crippen molar-refractivity contribution in [2.24, 2.45) is 0 Å². The average Bonchev–Trinajstić information content (AvgIpc) is 2.63. The van der Waals surface area contributed by atoms with Gasteiger partial charge in [0.25, 0.3) is 0 Å². The van der Waals surface area contributed by atoms with Crippen LogP contribution >= 0.6 is 11.9 Å². The highest BCUT2D eigenvalue weighted by Gasteiger charge is 2.02. The molecule has 0 aromatic carbocycles. The van der Waals surface area contributed by atoms with Gasteiger partial charge in [-0.15, -0.1) is 0 Å². The Balaban J connectivity index is 2.17. The van der Waals surface area contributed by atoms with E-state index in [2.05, 4.69) is 21.9 Å². The fourth-order valence-electron chi connectivity index (χ4n) is 1.15. The highest BCUT2D eigenvalue weighted by Crippen LogP contribution is 2.15. The van der Waals surface area contributed by atoms with Crippen LogP contribution in [0, 0.1) is 0 Å². The number of hydrogen-bond acceptors (Lipinski definition) is 4. The maximum Gasteiger partial charge on any atom is 0.173 e. The SMILES string of the molecule is CCCCSn1cnc2cncnc21. The topological polar surface area (TPSA) is 43.6 Å². The molecule has 0 N–H and O–H groups in total. The highest BCUT2D eigenvalue weighted by molar-refractivity contribution is 7.97. The zero-order chi connectivity index (χ0) is 9.80. The minimum Gasteiger partial charge on any atom is -0.256 e. The second-order valence-corrected chi connectivity index (χ2v) is 4.05. The van der Waals surface area contributed by atoms with Gasteiger partial charge < -0.3 is 0 Å². The lowest BCUT2D eigenvalue weighted by Gasteiger charge is -2.00. The first kappa shape index (κ1) is 9.45. The molecule has 14 heavy (non-hydrogen) atoms. The normalized spacial score (nSPS) is 10.9. The van der Waals surface area contributed by atoms with Crippen LogP contribution in [0.2, 0.25) is 0 Å². The molecule has 0 aliphatic carbocycles. The third-order valence-corrected chi connectivity index (χ3v) is 2.93. The summed E-state index contributed by atoms with van der Waals surface area (Å²) in [4.78, 5) is 12.3. The molecule has 74 valence electrons. The first-order valence-electron chi connectivity index (χ1n) is 4.68. The Kier molecular flexibility index (Phi) is 2.98. The Morgan fingerprint density at radius 3 is 3.21 bits per heavy atom. The predicted octanol–water partition coefficient (Wildman–Crippen LogP) is 2.12. The molecule has 2 rings (SSSR count). The molecule has 0 unspecified atom stereocenters. The van der Waals surface area contributed by atoms with Crippen molar-refractivity contribution in [1.82, 2.24) is 18.9 Å². The summed E-state index contributed by atoms with van der Waals surface area (Å²) in [6.07, 6.45) is 7.53. The van der Waals surface area contributed by atoms with E-state index in [0.717, 1.165) is 16.9 Å². The van der Waals surface area contributed by atoms with Gasteiger partial charge in [-0.25, -0.2) is 15.0 Å². The minimum absolute atomic E-state index is 0.858. The molecule has 0 bridgehead atoms. The van der Waals surface area contributed by atoms with Crippen LogP contribution in [0.25, 0.3) is 11.2 Å². The first-order chi connectivity index (χ1) is 6.92. The van der Waals surface area contributed by atoms with Crippen LogP contribution < -0.4 is 0 Å². The third kappa shape index (κ3) is 1.87. The van der Waals surface area contributed by atoms with Crippen LogP contribution in [0.3, 0.4) is 0 Å². The van der Waals surface area contributed by atoms with Crippen molar-refractivity contribution in [2.75, 3.05) is 5.75 Å². The maximum absolute atomic E-state index is 4.21. The summed E-state index contributed by atoms with van der Waals surface area (Å²) in [5, 5.41) is 0. The Morgan fingerprint density at radius 2 is 2.36 bits per heavy atom. The Hall–Kier alpha value is -1.10. The van der Waals surface area contributed by atoms with E-state index in [-0.39, 0.29) is 0 Å². The molecule has 0 saturated carbocycles. The van der Waals surface area contributed by atoms with E-state index in [0.29, 0.717) is 0 Å². The van der Waals surface area contributed by atoms with Gasteiger partial charge in [0.1, 0.15) is 18.2 Å². The van der Waals surface area contributed by atoms with Gasteiger partial charge in [-0.3, -0.25) is 3.97 Å². The molecule has 0 fully saturated rings. The molecule has 0 amide bonds. The fourth-order valence-corrected chi connectivity index (χ4v) is 2.14. The van der Waals surface area contributed by atoms with Gasteiger partial charge in [-0.05, 0) is 18.4 Å². The Bertz CT molecular complexity index is 412. The lowest BCUT2D eigenvalue weighted by atomic mass is 10.4. The summed E-state index contributed by atoms with van der Waals surface area (Å²) < 4.78 is 2.01. The zero-order valence-electron chi connectivity index (χ0n) is 8.05. The van der Waals surface area contributed by atoms with E-state index in [9.17, 15) is 0 Å². The Morgan fingerprint density at radius 1 is 1.43 bits per heavy atom. The average molecular weight is 208 g/mol. The molecule has 0 atom stereocenters. The number of rotatable bonds is 4. The predicted molar refractivity (Wildman–Crippen MR) is 58.1 cm³/mol. The Labute approximate surface area is 86.9 Å². The van der Waals surface area contributed by atoms with Gasteiger partial charge in [-0.1, -0.05) is 13.3 Å². The molecule has 5 heteroatoms. The monoisotopic (exact) mass is 208 g/mol. The van der Waals surface area contributed by atoms with E-state index in [1.165, 1.54) is 12.8 Å². The summed E-state index contributed by atoms with van der Waals surface area (Å²) in [7, 11) is 0. The summed E-state index contributed by atoms with van der Waals surface area (Å²) in [6.45, 7) is 2.19. The molecular weight excluding hydrogens is 196 g/mol. The zero-order valence-corrected chi connectivity index (χ0v) is 8.87. The van der Waals surface area contributed by atoms with Crippen LogP contribution in [0.1, 0.15) is 19.8 Å². The third-order valence-electron chi connectivity index (χ3n) is 1.91. The number of imidazole rings is 1. The van der Waals surface area contributed by atoms with Gasteiger partial charge in [-0.2, -0.15) is 0 Å². The quantitative estimate of drug-likeness (QED) is 0.722. The molecule has 0 saturated heterocycles. The number of hydrogen-bond donors (Lipinski definition) is 0. The van der Waals surface area contributed by atoms with Gasteiger partial charge >= 0.3 is 0 Å². The summed E-state index contributed by atoms with van der Waals surface area (Å²) in [5.41, 5.74) is 1.76. The lowest BCUT2D eigenvalue weighted by Crippen LogP contribution is -1.89. The highest BCUT2D eigenvalue weighted by atomic mass is 32.2. The van der Waals surface area contributed by atoms with Gasteiger partial charge in [0, 0.05) is 5.75 Å². The molecule has 0 aliphatic heterocycles. The summed E-state index contributed by atoms with van der Waals surface area (Å²) in [6, 6.07) is 0. The van der Waals surface area contributed by atoms with E-state index in [1.807, 2.05) is 3.97 Å².